The maximum Gasteiger partial charge on any atom is 0.264 e. The topological polar surface area (TPSA) is 42.4 Å². The lowest BCUT2D eigenvalue weighted by atomic mass is 10.2. The average molecular weight is 385 g/mol. The zero-order valence-electron chi connectivity index (χ0n) is 14.6. The standard InChI is InChI=1S/C20H20N2O2S2/c1-14-4-2-5-17(10-14)24-12-19-21-15(13-26-19)11-22(16-7-8-16)20(23)18-6-3-9-25-18/h2-6,9-10,13,16H,7-8,11-12H2,1H3. The zero-order chi connectivity index (χ0) is 17.9. The van der Waals surface area contributed by atoms with Crippen molar-refractivity contribution in [2.24, 2.45) is 0 Å². The van der Waals surface area contributed by atoms with E-state index in [0.29, 0.717) is 19.2 Å². The molecule has 0 bridgehead atoms. The summed E-state index contributed by atoms with van der Waals surface area (Å²) in [6.45, 7) is 3.07. The number of thiazole rings is 1. The summed E-state index contributed by atoms with van der Waals surface area (Å²) in [7, 11) is 0. The normalized spacial score (nSPS) is 13.6. The molecular formula is C20H20N2O2S2. The van der Waals surface area contributed by atoms with Crippen LogP contribution in [0.1, 0.15) is 38.8 Å². The van der Waals surface area contributed by atoms with E-state index in [4.69, 9.17) is 4.74 Å². The predicted octanol–water partition coefficient (Wildman–Crippen LogP) is 4.90. The van der Waals surface area contributed by atoms with Crippen LogP contribution in [0.2, 0.25) is 0 Å². The van der Waals surface area contributed by atoms with Gasteiger partial charge < -0.3 is 9.64 Å². The van der Waals surface area contributed by atoms with Crippen molar-refractivity contribution in [3.8, 4) is 5.75 Å². The van der Waals surface area contributed by atoms with Gasteiger partial charge in [0.15, 0.2) is 0 Å². The predicted molar refractivity (Wildman–Crippen MR) is 105 cm³/mol. The molecule has 0 N–H and O–H groups in total. The second-order valence-corrected chi connectivity index (χ2v) is 8.37. The number of thiophene rings is 1. The number of aromatic nitrogens is 1. The van der Waals surface area contributed by atoms with Gasteiger partial charge in [0.25, 0.3) is 5.91 Å². The molecule has 0 saturated heterocycles. The number of carbonyl (C=O) groups is 1. The van der Waals surface area contributed by atoms with Crippen molar-refractivity contribution in [2.75, 3.05) is 0 Å². The molecule has 4 rings (SSSR count). The average Bonchev–Trinajstić information content (AvgIpc) is 3.15. The first kappa shape index (κ1) is 17.2. The zero-order valence-corrected chi connectivity index (χ0v) is 16.2. The number of nitrogens with zero attached hydrogens (tertiary/aromatic N) is 2. The molecule has 26 heavy (non-hydrogen) atoms. The summed E-state index contributed by atoms with van der Waals surface area (Å²) in [4.78, 5) is 20.2. The van der Waals surface area contributed by atoms with Crippen LogP contribution in [-0.2, 0) is 13.2 Å². The van der Waals surface area contributed by atoms with E-state index in [1.54, 1.807) is 11.3 Å². The van der Waals surface area contributed by atoms with E-state index in [9.17, 15) is 4.79 Å². The summed E-state index contributed by atoms with van der Waals surface area (Å²) in [6, 6.07) is 12.2. The van der Waals surface area contributed by atoms with Crippen LogP contribution < -0.4 is 4.74 Å². The molecular weight excluding hydrogens is 364 g/mol. The van der Waals surface area contributed by atoms with E-state index in [1.807, 2.05) is 59.0 Å². The summed E-state index contributed by atoms with van der Waals surface area (Å²) in [5.74, 6) is 0.974. The van der Waals surface area contributed by atoms with E-state index in [-0.39, 0.29) is 5.91 Å². The molecule has 1 fully saturated rings. The third kappa shape index (κ3) is 4.14. The van der Waals surface area contributed by atoms with Crippen LogP contribution in [0.25, 0.3) is 0 Å². The third-order valence-electron chi connectivity index (χ3n) is 4.26. The summed E-state index contributed by atoms with van der Waals surface area (Å²) in [5, 5.41) is 4.91. The van der Waals surface area contributed by atoms with Gasteiger partial charge in [-0.15, -0.1) is 22.7 Å². The quantitative estimate of drug-likeness (QED) is 0.582. The Morgan fingerprint density at radius 1 is 1.27 bits per heavy atom. The molecule has 0 aliphatic heterocycles. The van der Waals surface area contributed by atoms with Gasteiger partial charge in [0.05, 0.1) is 17.1 Å². The van der Waals surface area contributed by atoms with Crippen LogP contribution in [0.5, 0.6) is 5.75 Å². The molecule has 134 valence electrons. The largest absolute Gasteiger partial charge is 0.486 e. The van der Waals surface area contributed by atoms with Crippen LogP contribution >= 0.6 is 22.7 Å². The molecule has 6 heteroatoms. The van der Waals surface area contributed by atoms with Crippen molar-refractivity contribution in [3.63, 3.8) is 0 Å². The summed E-state index contributed by atoms with van der Waals surface area (Å²) in [5.41, 5.74) is 2.11. The molecule has 0 spiro atoms. The Kier molecular flexibility index (Phi) is 5.04. The van der Waals surface area contributed by atoms with Gasteiger partial charge in [-0.3, -0.25) is 4.79 Å². The van der Waals surface area contributed by atoms with Gasteiger partial charge in [-0.05, 0) is 48.9 Å². The Hall–Kier alpha value is -2.18. The minimum absolute atomic E-state index is 0.119. The molecule has 1 aliphatic rings. The molecule has 2 aromatic heterocycles. The monoisotopic (exact) mass is 384 g/mol. The molecule has 1 aliphatic carbocycles. The van der Waals surface area contributed by atoms with Gasteiger partial charge in [-0.25, -0.2) is 4.98 Å². The first-order valence-corrected chi connectivity index (χ1v) is 10.4. The molecule has 1 amide bonds. The van der Waals surface area contributed by atoms with Crippen LogP contribution in [-0.4, -0.2) is 21.8 Å². The molecule has 1 aromatic carbocycles. The Morgan fingerprint density at radius 2 is 2.15 bits per heavy atom. The van der Waals surface area contributed by atoms with E-state index >= 15 is 0 Å². The van der Waals surface area contributed by atoms with Crippen LogP contribution in [0.4, 0.5) is 0 Å². The van der Waals surface area contributed by atoms with Gasteiger partial charge in [0.1, 0.15) is 17.4 Å². The highest BCUT2D eigenvalue weighted by Gasteiger charge is 2.33. The SMILES string of the molecule is Cc1cccc(OCc2nc(CN(C(=O)c3cccs3)C3CC3)cs2)c1. The van der Waals surface area contributed by atoms with Crippen LogP contribution in [0.15, 0.2) is 47.2 Å². The highest BCUT2D eigenvalue weighted by atomic mass is 32.1. The Labute approximate surface area is 161 Å². The highest BCUT2D eigenvalue weighted by Crippen LogP contribution is 2.31. The minimum Gasteiger partial charge on any atom is -0.486 e. The summed E-state index contributed by atoms with van der Waals surface area (Å²) < 4.78 is 5.83. The lowest BCUT2D eigenvalue weighted by molar-refractivity contribution is 0.0733. The van der Waals surface area contributed by atoms with Crippen molar-refractivity contribution >= 4 is 28.6 Å². The molecule has 0 radical (unpaired) electrons. The van der Waals surface area contributed by atoms with E-state index in [1.165, 1.54) is 16.9 Å². The molecule has 0 atom stereocenters. The van der Waals surface area contributed by atoms with Crippen molar-refractivity contribution in [3.05, 3.63) is 68.3 Å². The van der Waals surface area contributed by atoms with Crippen LogP contribution in [0, 0.1) is 6.92 Å². The molecule has 1 saturated carbocycles. The van der Waals surface area contributed by atoms with Crippen molar-refractivity contribution in [2.45, 2.75) is 39.0 Å². The Bertz CT molecular complexity index is 885. The maximum atomic E-state index is 12.7. The van der Waals surface area contributed by atoms with Gasteiger partial charge in [-0.1, -0.05) is 18.2 Å². The lowest BCUT2D eigenvalue weighted by Gasteiger charge is -2.20. The smallest absolute Gasteiger partial charge is 0.264 e. The number of hydrogen-bond acceptors (Lipinski definition) is 5. The fourth-order valence-electron chi connectivity index (χ4n) is 2.81. The number of ether oxygens (including phenoxy) is 1. The minimum atomic E-state index is 0.119. The van der Waals surface area contributed by atoms with E-state index in [2.05, 4.69) is 4.98 Å². The number of hydrogen-bond donors (Lipinski definition) is 0. The summed E-state index contributed by atoms with van der Waals surface area (Å²) >= 11 is 3.08. The number of rotatable bonds is 7. The Morgan fingerprint density at radius 3 is 2.88 bits per heavy atom. The molecule has 0 unspecified atom stereocenters. The maximum absolute atomic E-state index is 12.7. The van der Waals surface area contributed by atoms with Gasteiger partial charge in [0.2, 0.25) is 0 Å². The van der Waals surface area contributed by atoms with Gasteiger partial charge >= 0.3 is 0 Å². The van der Waals surface area contributed by atoms with E-state index < -0.39 is 0 Å². The number of carbonyl (C=O) groups excluding carboxylic acids is 1. The fraction of sp³-hybridized carbons (Fsp3) is 0.300. The first-order valence-electron chi connectivity index (χ1n) is 8.66. The van der Waals surface area contributed by atoms with Crippen molar-refractivity contribution < 1.29 is 9.53 Å². The second kappa shape index (κ2) is 7.60. The van der Waals surface area contributed by atoms with Crippen molar-refractivity contribution in [1.82, 2.24) is 9.88 Å². The number of benzene rings is 1. The number of aryl methyl sites for hydroxylation is 1. The molecule has 4 nitrogen and oxygen atoms in total. The van der Waals surface area contributed by atoms with Gasteiger partial charge in [-0.2, -0.15) is 0 Å². The van der Waals surface area contributed by atoms with Crippen molar-refractivity contribution in [1.29, 1.82) is 0 Å². The van der Waals surface area contributed by atoms with Crippen LogP contribution in [0.3, 0.4) is 0 Å². The molecule has 3 aromatic rings. The summed E-state index contributed by atoms with van der Waals surface area (Å²) in [6.07, 6.45) is 2.18. The first-order chi connectivity index (χ1) is 12.7. The second-order valence-electron chi connectivity index (χ2n) is 6.48. The molecule has 2 heterocycles. The fourth-order valence-corrected chi connectivity index (χ4v) is 4.18. The third-order valence-corrected chi connectivity index (χ3v) is 5.99. The lowest BCUT2D eigenvalue weighted by Crippen LogP contribution is -2.32. The highest BCUT2D eigenvalue weighted by molar-refractivity contribution is 7.12. The van der Waals surface area contributed by atoms with E-state index in [0.717, 1.165) is 34.2 Å². The number of amides is 1. The van der Waals surface area contributed by atoms with Gasteiger partial charge in [0, 0.05) is 11.4 Å². The Balaban J connectivity index is 1.39.